The van der Waals surface area contributed by atoms with E-state index < -0.39 is 0 Å². The average Bonchev–Trinajstić information content (AvgIpc) is 2.61. The number of phenols is 1. The van der Waals surface area contributed by atoms with Gasteiger partial charge in [-0.1, -0.05) is 12.1 Å². The molecule has 2 aliphatic heterocycles. The molecule has 1 atom stereocenters. The molecule has 132 valence electrons. The van der Waals surface area contributed by atoms with Gasteiger partial charge in [0.25, 0.3) is 0 Å². The number of aryl methyl sites for hydroxylation is 1. The molecule has 0 aromatic heterocycles. The second-order valence-corrected chi connectivity index (χ2v) is 6.83. The van der Waals surface area contributed by atoms with Crippen LogP contribution in [-0.4, -0.2) is 66.2 Å². The lowest BCUT2D eigenvalue weighted by atomic mass is 9.95. The molecule has 0 radical (unpaired) electrons. The van der Waals surface area contributed by atoms with Crippen LogP contribution in [-0.2, 0) is 16.0 Å². The molecular weight excluding hydrogens is 304 g/mol. The summed E-state index contributed by atoms with van der Waals surface area (Å²) in [4.78, 5) is 17.0. The van der Waals surface area contributed by atoms with Crippen molar-refractivity contribution in [2.45, 2.75) is 38.1 Å². The normalized spacial score (nSPS) is 22.5. The molecule has 24 heavy (non-hydrogen) atoms. The summed E-state index contributed by atoms with van der Waals surface area (Å²) in [6, 6.07) is 7.77. The van der Waals surface area contributed by atoms with Gasteiger partial charge in [-0.15, -0.1) is 0 Å². The van der Waals surface area contributed by atoms with Crippen molar-refractivity contribution < 1.29 is 14.6 Å². The molecule has 2 heterocycles. The number of benzene rings is 1. The smallest absolute Gasteiger partial charge is 0.236 e. The Labute approximate surface area is 144 Å². The van der Waals surface area contributed by atoms with Crippen molar-refractivity contribution in [1.82, 2.24) is 9.80 Å². The molecule has 0 bridgehead atoms. The number of amides is 1. The second kappa shape index (κ2) is 8.49. The van der Waals surface area contributed by atoms with Gasteiger partial charge in [-0.05, 0) is 49.8 Å². The van der Waals surface area contributed by atoms with Gasteiger partial charge in [-0.2, -0.15) is 0 Å². The minimum Gasteiger partial charge on any atom is -0.508 e. The third-order valence-electron chi connectivity index (χ3n) is 5.09. The molecule has 5 nitrogen and oxygen atoms in total. The molecule has 2 saturated heterocycles. The largest absolute Gasteiger partial charge is 0.508 e. The van der Waals surface area contributed by atoms with E-state index in [9.17, 15) is 9.90 Å². The van der Waals surface area contributed by atoms with Crippen LogP contribution in [0.25, 0.3) is 0 Å². The molecule has 1 N–H and O–H groups in total. The Balaban J connectivity index is 1.55. The van der Waals surface area contributed by atoms with E-state index in [0.29, 0.717) is 18.3 Å². The van der Waals surface area contributed by atoms with Crippen LogP contribution in [0.3, 0.4) is 0 Å². The Kier molecular flexibility index (Phi) is 6.10. The van der Waals surface area contributed by atoms with E-state index in [1.54, 1.807) is 6.07 Å². The van der Waals surface area contributed by atoms with Crippen LogP contribution >= 0.6 is 0 Å². The molecule has 2 aliphatic rings. The maximum atomic E-state index is 12.7. The summed E-state index contributed by atoms with van der Waals surface area (Å²) < 4.78 is 5.36. The van der Waals surface area contributed by atoms with Gasteiger partial charge >= 0.3 is 0 Å². The fraction of sp³-hybridized carbons (Fsp3) is 0.632. The van der Waals surface area contributed by atoms with Gasteiger partial charge in [0.2, 0.25) is 5.91 Å². The summed E-state index contributed by atoms with van der Waals surface area (Å²) in [7, 11) is 0. The number of nitrogens with zero attached hydrogens (tertiary/aromatic N) is 2. The number of rotatable bonds is 5. The first-order chi connectivity index (χ1) is 11.7. The molecule has 0 aliphatic carbocycles. The van der Waals surface area contributed by atoms with Gasteiger partial charge in [0.05, 0.1) is 19.8 Å². The molecule has 1 aromatic rings. The van der Waals surface area contributed by atoms with Gasteiger partial charge in [0.15, 0.2) is 0 Å². The number of phenolic OH excluding ortho intramolecular Hbond substituents is 1. The van der Waals surface area contributed by atoms with Crippen molar-refractivity contribution in [3.63, 3.8) is 0 Å². The molecule has 3 rings (SSSR count). The lowest BCUT2D eigenvalue weighted by molar-refractivity contribution is -0.137. The van der Waals surface area contributed by atoms with Crippen LogP contribution in [0.15, 0.2) is 24.3 Å². The highest BCUT2D eigenvalue weighted by Gasteiger charge is 2.27. The summed E-state index contributed by atoms with van der Waals surface area (Å²) in [5.41, 5.74) is 1.14. The maximum Gasteiger partial charge on any atom is 0.236 e. The predicted molar refractivity (Wildman–Crippen MR) is 93.0 cm³/mol. The van der Waals surface area contributed by atoms with Crippen LogP contribution in [0.2, 0.25) is 0 Å². The van der Waals surface area contributed by atoms with E-state index >= 15 is 0 Å². The fourth-order valence-electron chi connectivity index (χ4n) is 3.72. The SMILES string of the molecule is O=C(CN1CCOCC1)N1CCCCC1CCc1cccc(O)c1. The zero-order chi connectivity index (χ0) is 16.8. The first kappa shape index (κ1) is 17.2. The highest BCUT2D eigenvalue weighted by atomic mass is 16.5. The maximum absolute atomic E-state index is 12.7. The van der Waals surface area contributed by atoms with Gasteiger partial charge in [0.1, 0.15) is 5.75 Å². The minimum atomic E-state index is 0.262. The minimum absolute atomic E-state index is 0.262. The molecule has 1 unspecified atom stereocenters. The van der Waals surface area contributed by atoms with Gasteiger partial charge in [-0.3, -0.25) is 9.69 Å². The van der Waals surface area contributed by atoms with E-state index in [1.165, 1.54) is 6.42 Å². The molecule has 0 saturated carbocycles. The Hall–Kier alpha value is -1.59. The van der Waals surface area contributed by atoms with Crippen molar-refractivity contribution in [1.29, 1.82) is 0 Å². The van der Waals surface area contributed by atoms with Crippen LogP contribution < -0.4 is 0 Å². The zero-order valence-electron chi connectivity index (χ0n) is 14.3. The molecular formula is C19H28N2O3. The third-order valence-corrected chi connectivity index (χ3v) is 5.09. The number of aromatic hydroxyl groups is 1. The van der Waals surface area contributed by atoms with Crippen molar-refractivity contribution >= 4 is 5.91 Å². The second-order valence-electron chi connectivity index (χ2n) is 6.83. The van der Waals surface area contributed by atoms with E-state index in [1.807, 2.05) is 18.2 Å². The quantitative estimate of drug-likeness (QED) is 0.896. The summed E-state index contributed by atoms with van der Waals surface area (Å²) in [6.07, 6.45) is 5.27. The highest BCUT2D eigenvalue weighted by Crippen LogP contribution is 2.23. The standard InChI is InChI=1S/C19H28N2O3/c22-18-6-3-4-16(14-18)7-8-17-5-1-2-9-21(17)19(23)15-20-10-12-24-13-11-20/h3-4,6,14,17,22H,1-2,5,7-13,15H2. The van der Waals surface area contributed by atoms with Crippen LogP contribution in [0.4, 0.5) is 0 Å². The number of hydrogen-bond donors (Lipinski definition) is 1. The number of piperidine rings is 1. The van der Waals surface area contributed by atoms with E-state index in [4.69, 9.17) is 4.74 Å². The van der Waals surface area contributed by atoms with Crippen molar-refractivity contribution in [2.24, 2.45) is 0 Å². The van der Waals surface area contributed by atoms with Crippen LogP contribution in [0.1, 0.15) is 31.2 Å². The molecule has 1 amide bonds. The van der Waals surface area contributed by atoms with Crippen LogP contribution in [0.5, 0.6) is 5.75 Å². The number of carbonyl (C=O) groups excluding carboxylic acids is 1. The fourth-order valence-corrected chi connectivity index (χ4v) is 3.72. The first-order valence-electron chi connectivity index (χ1n) is 9.10. The number of morpholine rings is 1. The van der Waals surface area contributed by atoms with Gasteiger partial charge in [-0.25, -0.2) is 0 Å². The lowest BCUT2D eigenvalue weighted by Crippen LogP contribution is -2.50. The Morgan fingerprint density at radius 3 is 2.83 bits per heavy atom. The van der Waals surface area contributed by atoms with Gasteiger partial charge < -0.3 is 14.7 Å². The van der Waals surface area contributed by atoms with E-state index in [2.05, 4.69) is 9.80 Å². The molecule has 5 heteroatoms. The zero-order valence-corrected chi connectivity index (χ0v) is 14.3. The summed E-state index contributed by atoms with van der Waals surface area (Å²) in [5.74, 6) is 0.578. The van der Waals surface area contributed by atoms with Crippen molar-refractivity contribution in [2.75, 3.05) is 39.4 Å². The number of hydrogen-bond acceptors (Lipinski definition) is 4. The summed E-state index contributed by atoms with van der Waals surface area (Å²) >= 11 is 0. The lowest BCUT2D eigenvalue weighted by Gasteiger charge is -2.37. The Bertz CT molecular complexity index is 543. The van der Waals surface area contributed by atoms with Crippen molar-refractivity contribution in [3.8, 4) is 5.75 Å². The first-order valence-corrected chi connectivity index (χ1v) is 9.10. The number of ether oxygens (including phenoxy) is 1. The third kappa shape index (κ3) is 4.71. The van der Waals surface area contributed by atoms with E-state index in [-0.39, 0.29) is 5.91 Å². The molecule has 0 spiro atoms. The highest BCUT2D eigenvalue weighted by molar-refractivity contribution is 5.78. The molecule has 1 aromatic carbocycles. The summed E-state index contributed by atoms with van der Waals surface area (Å²) in [6.45, 7) is 4.57. The van der Waals surface area contributed by atoms with Gasteiger partial charge in [0, 0.05) is 25.7 Å². The molecule has 2 fully saturated rings. The number of carbonyl (C=O) groups is 1. The number of likely N-dealkylation sites (tertiary alicyclic amines) is 1. The monoisotopic (exact) mass is 332 g/mol. The van der Waals surface area contributed by atoms with Crippen LogP contribution in [0, 0.1) is 0 Å². The summed E-state index contributed by atoms with van der Waals surface area (Å²) in [5, 5.41) is 9.59. The Morgan fingerprint density at radius 2 is 2.04 bits per heavy atom. The van der Waals surface area contributed by atoms with Crippen molar-refractivity contribution in [3.05, 3.63) is 29.8 Å². The Morgan fingerprint density at radius 1 is 1.21 bits per heavy atom. The predicted octanol–water partition coefficient (Wildman–Crippen LogP) is 2.04. The topological polar surface area (TPSA) is 53.0 Å². The average molecular weight is 332 g/mol. The van der Waals surface area contributed by atoms with E-state index in [0.717, 1.165) is 64.1 Å².